The van der Waals surface area contributed by atoms with Crippen molar-refractivity contribution in [3.8, 4) is 5.75 Å². The molecule has 4 nitrogen and oxygen atoms in total. The van der Waals surface area contributed by atoms with Crippen LogP contribution < -0.4 is 10.5 Å². The first kappa shape index (κ1) is 17.8. The summed E-state index contributed by atoms with van der Waals surface area (Å²) >= 11 is 0. The Hall–Kier alpha value is -1.55. The second-order valence-corrected chi connectivity index (χ2v) is 7.70. The normalized spacial score (nSPS) is 23.5. The van der Waals surface area contributed by atoms with Crippen molar-refractivity contribution in [3.63, 3.8) is 0 Å². The Bertz CT molecular complexity index is 551. The zero-order valence-electron chi connectivity index (χ0n) is 15.0. The Morgan fingerprint density at radius 1 is 1.39 bits per heavy atom. The van der Waals surface area contributed by atoms with Crippen molar-refractivity contribution >= 4 is 5.91 Å². The van der Waals surface area contributed by atoms with Crippen LogP contribution >= 0.6 is 0 Å². The number of amides is 1. The molecule has 0 saturated carbocycles. The molecule has 128 valence electrons. The van der Waals surface area contributed by atoms with Gasteiger partial charge in [-0.05, 0) is 49.8 Å². The lowest BCUT2D eigenvalue weighted by molar-refractivity contribution is -0.141. The maximum atomic E-state index is 12.7. The maximum absolute atomic E-state index is 12.7. The predicted molar refractivity (Wildman–Crippen MR) is 93.6 cm³/mol. The molecule has 4 heteroatoms. The summed E-state index contributed by atoms with van der Waals surface area (Å²) in [5.41, 5.74) is 7.24. The highest BCUT2D eigenvalue weighted by Gasteiger charge is 2.30. The van der Waals surface area contributed by atoms with Gasteiger partial charge in [-0.2, -0.15) is 0 Å². The van der Waals surface area contributed by atoms with Crippen LogP contribution in [0.5, 0.6) is 5.75 Å². The van der Waals surface area contributed by atoms with E-state index in [1.807, 2.05) is 30.0 Å². The van der Waals surface area contributed by atoms with Gasteiger partial charge in [0.15, 0.2) is 6.10 Å². The third-order valence-electron chi connectivity index (χ3n) is 4.56. The van der Waals surface area contributed by atoms with E-state index < -0.39 is 6.10 Å². The lowest BCUT2D eigenvalue weighted by Crippen LogP contribution is -2.51. The highest BCUT2D eigenvalue weighted by atomic mass is 16.5. The van der Waals surface area contributed by atoms with Crippen molar-refractivity contribution in [3.05, 3.63) is 29.8 Å². The van der Waals surface area contributed by atoms with E-state index in [1.165, 1.54) is 5.56 Å². The van der Waals surface area contributed by atoms with E-state index >= 15 is 0 Å². The Balaban J connectivity index is 2.04. The number of ether oxygens (including phenoxy) is 1. The zero-order valence-corrected chi connectivity index (χ0v) is 15.0. The van der Waals surface area contributed by atoms with Crippen molar-refractivity contribution in [1.29, 1.82) is 0 Å². The minimum atomic E-state index is -0.484. The summed E-state index contributed by atoms with van der Waals surface area (Å²) in [7, 11) is 0. The molecule has 1 aromatic carbocycles. The van der Waals surface area contributed by atoms with E-state index in [1.54, 1.807) is 0 Å². The molecular weight excluding hydrogens is 288 g/mol. The molecule has 1 aliphatic rings. The molecule has 0 spiro atoms. The fraction of sp³-hybridized carbons (Fsp3) is 0.632. The number of nitrogens with zero attached hydrogens (tertiary/aromatic N) is 1. The van der Waals surface area contributed by atoms with E-state index in [0.717, 1.165) is 25.1 Å². The standard InChI is InChI=1S/C19H30N2O2/c1-13-11-16(20)9-10-21(13)18(22)14(2)23-17-8-6-7-15(12-17)19(3,4)5/h6-8,12-14,16H,9-11,20H2,1-5H3/t13-,14+,16-/m1/s1. The van der Waals surface area contributed by atoms with Crippen LogP contribution in [0.15, 0.2) is 24.3 Å². The summed E-state index contributed by atoms with van der Waals surface area (Å²) in [5.74, 6) is 0.796. The lowest BCUT2D eigenvalue weighted by atomic mass is 9.87. The number of hydrogen-bond acceptors (Lipinski definition) is 3. The van der Waals surface area contributed by atoms with Gasteiger partial charge in [0.2, 0.25) is 0 Å². The van der Waals surface area contributed by atoms with E-state index in [0.29, 0.717) is 0 Å². The third kappa shape index (κ3) is 4.47. The van der Waals surface area contributed by atoms with Crippen LogP contribution in [0.1, 0.15) is 53.0 Å². The van der Waals surface area contributed by atoms with Crippen LogP contribution in [-0.4, -0.2) is 35.5 Å². The molecule has 3 atom stereocenters. The number of hydrogen-bond donors (Lipinski definition) is 1. The van der Waals surface area contributed by atoms with Gasteiger partial charge in [0, 0.05) is 18.6 Å². The Morgan fingerprint density at radius 3 is 2.70 bits per heavy atom. The largest absolute Gasteiger partial charge is 0.481 e. The summed E-state index contributed by atoms with van der Waals surface area (Å²) in [5, 5.41) is 0. The second kappa shape index (κ2) is 6.91. The number of piperidine rings is 1. The lowest BCUT2D eigenvalue weighted by Gasteiger charge is -2.37. The van der Waals surface area contributed by atoms with E-state index in [-0.39, 0.29) is 23.4 Å². The molecule has 23 heavy (non-hydrogen) atoms. The molecule has 1 aliphatic heterocycles. The van der Waals surface area contributed by atoms with Gasteiger partial charge in [-0.3, -0.25) is 4.79 Å². The Kier molecular flexibility index (Phi) is 5.35. The van der Waals surface area contributed by atoms with E-state index in [2.05, 4.69) is 33.8 Å². The Labute approximate surface area is 140 Å². The molecule has 1 saturated heterocycles. The zero-order chi connectivity index (χ0) is 17.2. The van der Waals surface area contributed by atoms with Crippen LogP contribution in [0.3, 0.4) is 0 Å². The molecule has 0 bridgehead atoms. The van der Waals surface area contributed by atoms with Gasteiger partial charge < -0.3 is 15.4 Å². The summed E-state index contributed by atoms with van der Waals surface area (Å²) in [6, 6.07) is 8.39. The summed E-state index contributed by atoms with van der Waals surface area (Å²) < 4.78 is 5.92. The van der Waals surface area contributed by atoms with Crippen LogP contribution in [0.4, 0.5) is 0 Å². The molecule has 0 unspecified atom stereocenters. The smallest absolute Gasteiger partial charge is 0.263 e. The molecule has 2 rings (SSSR count). The molecule has 0 radical (unpaired) electrons. The molecule has 1 heterocycles. The van der Waals surface area contributed by atoms with E-state index in [4.69, 9.17) is 10.5 Å². The molecule has 1 fully saturated rings. The molecular formula is C19H30N2O2. The van der Waals surface area contributed by atoms with Gasteiger partial charge in [0.05, 0.1) is 0 Å². The van der Waals surface area contributed by atoms with Crippen LogP contribution in [0.25, 0.3) is 0 Å². The number of rotatable bonds is 3. The fourth-order valence-corrected chi connectivity index (χ4v) is 3.06. The molecule has 0 aliphatic carbocycles. The van der Waals surface area contributed by atoms with Gasteiger partial charge in [0.1, 0.15) is 5.75 Å². The molecule has 2 N–H and O–H groups in total. The predicted octanol–water partition coefficient (Wildman–Crippen LogP) is 3.09. The monoisotopic (exact) mass is 318 g/mol. The van der Waals surface area contributed by atoms with Crippen molar-refractivity contribution in [2.75, 3.05) is 6.54 Å². The van der Waals surface area contributed by atoms with E-state index in [9.17, 15) is 4.79 Å². The van der Waals surface area contributed by atoms with Crippen LogP contribution in [0, 0.1) is 0 Å². The number of benzene rings is 1. The number of likely N-dealkylation sites (tertiary alicyclic amines) is 1. The van der Waals surface area contributed by atoms with Crippen LogP contribution in [0.2, 0.25) is 0 Å². The number of carbonyl (C=O) groups is 1. The first-order valence-corrected chi connectivity index (χ1v) is 8.51. The second-order valence-electron chi connectivity index (χ2n) is 7.70. The van der Waals surface area contributed by atoms with Gasteiger partial charge in [-0.1, -0.05) is 32.9 Å². The number of carbonyl (C=O) groups excluding carboxylic acids is 1. The van der Waals surface area contributed by atoms with Crippen molar-refractivity contribution in [2.45, 2.75) is 71.1 Å². The highest BCUT2D eigenvalue weighted by Crippen LogP contribution is 2.26. The summed E-state index contributed by atoms with van der Waals surface area (Å²) in [6.07, 6.45) is 1.24. The fourth-order valence-electron chi connectivity index (χ4n) is 3.06. The quantitative estimate of drug-likeness (QED) is 0.932. The topological polar surface area (TPSA) is 55.6 Å². The van der Waals surface area contributed by atoms with Crippen LogP contribution in [-0.2, 0) is 10.2 Å². The summed E-state index contributed by atoms with van der Waals surface area (Å²) in [4.78, 5) is 14.6. The van der Waals surface area contributed by atoms with Gasteiger partial charge in [0.25, 0.3) is 5.91 Å². The van der Waals surface area contributed by atoms with Gasteiger partial charge >= 0.3 is 0 Å². The minimum absolute atomic E-state index is 0.0468. The van der Waals surface area contributed by atoms with Gasteiger partial charge in [-0.15, -0.1) is 0 Å². The summed E-state index contributed by atoms with van der Waals surface area (Å²) in [6.45, 7) is 11.1. The maximum Gasteiger partial charge on any atom is 0.263 e. The highest BCUT2D eigenvalue weighted by molar-refractivity contribution is 5.81. The molecule has 0 aromatic heterocycles. The van der Waals surface area contributed by atoms with Crippen molar-refractivity contribution < 1.29 is 9.53 Å². The third-order valence-corrected chi connectivity index (χ3v) is 4.56. The minimum Gasteiger partial charge on any atom is -0.481 e. The average Bonchev–Trinajstić information content (AvgIpc) is 2.46. The number of nitrogens with two attached hydrogens (primary N) is 1. The van der Waals surface area contributed by atoms with Crippen molar-refractivity contribution in [1.82, 2.24) is 4.90 Å². The molecule has 1 aromatic rings. The SMILES string of the molecule is C[C@H](Oc1cccc(C(C)(C)C)c1)C(=O)N1CC[C@@H](N)C[C@H]1C. The average molecular weight is 318 g/mol. The van der Waals surface area contributed by atoms with Crippen molar-refractivity contribution in [2.24, 2.45) is 5.73 Å². The Morgan fingerprint density at radius 2 is 2.09 bits per heavy atom. The van der Waals surface area contributed by atoms with Gasteiger partial charge in [-0.25, -0.2) is 0 Å². The molecule has 1 amide bonds. The first-order chi connectivity index (χ1) is 10.7. The first-order valence-electron chi connectivity index (χ1n) is 8.51.